The standard InChI is InChI=1S/C13H21NO6SSi/c1-13(2,3)22(4,5)20-11-9(12(15)16)6-8(7-10(11)14)21(17,18)19/h6-7H,14H2,1-5H3,(H,15,16)(H,17,18,19). The fraction of sp³-hybridized carbons (Fsp3) is 0.462. The third kappa shape index (κ3) is 3.79. The number of nitrogens with two attached hydrogens (primary N) is 1. The Balaban J connectivity index is 3.53. The lowest BCUT2D eigenvalue weighted by Gasteiger charge is -2.37. The molecule has 0 saturated carbocycles. The monoisotopic (exact) mass is 347 g/mol. The van der Waals surface area contributed by atoms with Crippen LogP contribution in [0.3, 0.4) is 0 Å². The molecule has 0 aliphatic rings. The van der Waals surface area contributed by atoms with E-state index in [0.717, 1.165) is 12.1 Å². The van der Waals surface area contributed by atoms with E-state index in [1.54, 1.807) is 0 Å². The minimum atomic E-state index is -4.56. The first-order chi connectivity index (χ1) is 9.67. The van der Waals surface area contributed by atoms with E-state index in [4.69, 9.17) is 14.7 Å². The van der Waals surface area contributed by atoms with Gasteiger partial charge in [0.2, 0.25) is 0 Å². The van der Waals surface area contributed by atoms with Gasteiger partial charge in [-0.1, -0.05) is 20.8 Å². The highest BCUT2D eigenvalue weighted by Gasteiger charge is 2.40. The Morgan fingerprint density at radius 2 is 1.77 bits per heavy atom. The van der Waals surface area contributed by atoms with E-state index in [1.807, 2.05) is 33.9 Å². The molecule has 7 nitrogen and oxygen atoms in total. The first kappa shape index (κ1) is 18.5. The number of carboxylic acid groups (broad SMARTS) is 1. The zero-order valence-corrected chi connectivity index (χ0v) is 15.0. The summed E-state index contributed by atoms with van der Waals surface area (Å²) >= 11 is 0. The van der Waals surface area contributed by atoms with Gasteiger partial charge in [0.1, 0.15) is 11.3 Å². The molecule has 0 saturated heterocycles. The predicted octanol–water partition coefficient (Wildman–Crippen LogP) is 2.60. The molecule has 0 bridgehead atoms. The van der Waals surface area contributed by atoms with Crippen molar-refractivity contribution in [1.29, 1.82) is 0 Å². The van der Waals surface area contributed by atoms with E-state index in [1.165, 1.54) is 0 Å². The van der Waals surface area contributed by atoms with Gasteiger partial charge >= 0.3 is 5.97 Å². The van der Waals surface area contributed by atoms with Crippen molar-refractivity contribution in [2.75, 3.05) is 5.73 Å². The Morgan fingerprint density at radius 1 is 1.27 bits per heavy atom. The largest absolute Gasteiger partial charge is 0.542 e. The molecule has 0 spiro atoms. The molecule has 1 aromatic rings. The highest BCUT2D eigenvalue weighted by Crippen LogP contribution is 2.40. The Morgan fingerprint density at radius 3 is 2.14 bits per heavy atom. The van der Waals surface area contributed by atoms with Gasteiger partial charge in [0.25, 0.3) is 18.4 Å². The lowest BCUT2D eigenvalue weighted by Crippen LogP contribution is -2.44. The van der Waals surface area contributed by atoms with Gasteiger partial charge in [-0.2, -0.15) is 8.42 Å². The maximum absolute atomic E-state index is 11.4. The van der Waals surface area contributed by atoms with Crippen molar-refractivity contribution >= 4 is 30.1 Å². The van der Waals surface area contributed by atoms with Crippen molar-refractivity contribution in [2.24, 2.45) is 0 Å². The molecule has 0 amide bonds. The first-order valence-electron chi connectivity index (χ1n) is 6.50. The summed E-state index contributed by atoms with van der Waals surface area (Å²) in [6, 6.07) is 1.83. The van der Waals surface area contributed by atoms with Crippen LogP contribution in [0.4, 0.5) is 5.69 Å². The highest BCUT2D eigenvalue weighted by molar-refractivity contribution is 7.85. The summed E-state index contributed by atoms with van der Waals surface area (Å²) in [7, 11) is -6.93. The lowest BCUT2D eigenvalue weighted by atomic mass is 10.2. The quantitative estimate of drug-likeness (QED) is 0.434. The SMILES string of the molecule is CC(C)(C)[Si](C)(C)Oc1c(N)cc(S(=O)(=O)O)cc1C(=O)O. The van der Waals surface area contributed by atoms with Crippen LogP contribution in [0.5, 0.6) is 5.75 Å². The normalized spacial score (nSPS) is 13.0. The Labute approximate surface area is 131 Å². The van der Waals surface area contributed by atoms with Crippen LogP contribution in [0.15, 0.2) is 17.0 Å². The number of nitrogen functional groups attached to an aromatic ring is 1. The van der Waals surface area contributed by atoms with Gasteiger partial charge in [0.05, 0.1) is 10.6 Å². The summed E-state index contributed by atoms with van der Waals surface area (Å²) < 4.78 is 37.4. The van der Waals surface area contributed by atoms with Crippen molar-refractivity contribution in [3.05, 3.63) is 17.7 Å². The van der Waals surface area contributed by atoms with Crippen molar-refractivity contribution in [3.63, 3.8) is 0 Å². The molecule has 4 N–H and O–H groups in total. The lowest BCUT2D eigenvalue weighted by molar-refractivity contribution is 0.0694. The molecule has 22 heavy (non-hydrogen) atoms. The fourth-order valence-corrected chi connectivity index (χ4v) is 3.04. The zero-order chi connectivity index (χ0) is 17.5. The number of anilines is 1. The van der Waals surface area contributed by atoms with Crippen molar-refractivity contribution in [1.82, 2.24) is 0 Å². The van der Waals surface area contributed by atoms with E-state index in [0.29, 0.717) is 0 Å². The maximum Gasteiger partial charge on any atom is 0.339 e. The van der Waals surface area contributed by atoms with Crippen LogP contribution in [-0.2, 0) is 10.1 Å². The van der Waals surface area contributed by atoms with E-state index in [2.05, 4.69) is 0 Å². The summed E-state index contributed by atoms with van der Waals surface area (Å²) in [4.78, 5) is 10.8. The van der Waals surface area contributed by atoms with E-state index < -0.39 is 34.9 Å². The number of carboxylic acids is 1. The molecule has 0 aliphatic carbocycles. The van der Waals surface area contributed by atoms with Gasteiger partial charge in [0, 0.05) is 0 Å². The van der Waals surface area contributed by atoms with Crippen LogP contribution in [0.1, 0.15) is 31.1 Å². The molecule has 0 fully saturated rings. The summed E-state index contributed by atoms with van der Waals surface area (Å²) in [6.07, 6.45) is 0. The average molecular weight is 347 g/mol. The molecule has 9 heteroatoms. The zero-order valence-electron chi connectivity index (χ0n) is 13.2. The average Bonchev–Trinajstić information content (AvgIpc) is 2.27. The van der Waals surface area contributed by atoms with Gasteiger partial charge < -0.3 is 15.3 Å². The van der Waals surface area contributed by atoms with Crippen molar-refractivity contribution in [3.8, 4) is 5.75 Å². The third-order valence-corrected chi connectivity index (χ3v) is 8.94. The molecular weight excluding hydrogens is 326 g/mol. The molecule has 0 unspecified atom stereocenters. The molecular formula is C13H21NO6SSi. The molecule has 0 heterocycles. The second kappa shape index (κ2) is 5.56. The second-order valence-corrected chi connectivity index (χ2v) is 12.7. The number of rotatable bonds is 4. The highest BCUT2D eigenvalue weighted by atomic mass is 32.2. The van der Waals surface area contributed by atoms with Gasteiger partial charge in [-0.05, 0) is 30.3 Å². The number of aromatic carboxylic acids is 1. The van der Waals surface area contributed by atoms with Gasteiger partial charge in [-0.3, -0.25) is 4.55 Å². The van der Waals surface area contributed by atoms with Gasteiger partial charge in [-0.25, -0.2) is 4.79 Å². The molecule has 0 aliphatic heterocycles. The van der Waals surface area contributed by atoms with Crippen LogP contribution in [0.25, 0.3) is 0 Å². The topological polar surface area (TPSA) is 127 Å². The smallest absolute Gasteiger partial charge is 0.339 e. The van der Waals surface area contributed by atoms with Crippen LogP contribution < -0.4 is 10.2 Å². The molecule has 1 rings (SSSR count). The van der Waals surface area contributed by atoms with Crippen LogP contribution >= 0.6 is 0 Å². The molecule has 1 aromatic carbocycles. The predicted molar refractivity (Wildman–Crippen MR) is 85.5 cm³/mol. The summed E-state index contributed by atoms with van der Waals surface area (Å²) in [5, 5.41) is 9.09. The molecule has 0 aromatic heterocycles. The second-order valence-electron chi connectivity index (χ2n) is 6.53. The number of carbonyl (C=O) groups is 1. The summed E-state index contributed by atoms with van der Waals surface area (Å²) in [5.41, 5.74) is 5.23. The van der Waals surface area contributed by atoms with Crippen LogP contribution in [-0.4, -0.2) is 32.4 Å². The number of hydrogen-bond donors (Lipinski definition) is 3. The van der Waals surface area contributed by atoms with E-state index in [9.17, 15) is 18.3 Å². The van der Waals surface area contributed by atoms with Crippen LogP contribution in [0.2, 0.25) is 18.1 Å². The van der Waals surface area contributed by atoms with E-state index in [-0.39, 0.29) is 16.5 Å². The Bertz CT molecular complexity index is 706. The van der Waals surface area contributed by atoms with E-state index >= 15 is 0 Å². The minimum Gasteiger partial charge on any atom is -0.542 e. The molecule has 124 valence electrons. The number of hydrogen-bond acceptors (Lipinski definition) is 5. The fourth-order valence-electron chi connectivity index (χ4n) is 1.45. The van der Waals surface area contributed by atoms with Gasteiger partial charge in [0.15, 0.2) is 0 Å². The van der Waals surface area contributed by atoms with Crippen molar-refractivity contribution < 1.29 is 27.3 Å². The summed E-state index contributed by atoms with van der Waals surface area (Å²) in [5.74, 6) is -1.45. The molecule has 0 atom stereocenters. The molecule has 0 radical (unpaired) electrons. The Hall–Kier alpha value is -1.58. The maximum atomic E-state index is 11.4. The number of benzene rings is 1. The third-order valence-electron chi connectivity index (χ3n) is 3.78. The van der Waals surface area contributed by atoms with Crippen molar-refractivity contribution in [2.45, 2.75) is 43.8 Å². The Kier molecular flexibility index (Phi) is 4.67. The summed E-state index contributed by atoms with van der Waals surface area (Å²) in [6.45, 7) is 9.75. The van der Waals surface area contributed by atoms with Crippen LogP contribution in [0, 0.1) is 0 Å². The van der Waals surface area contributed by atoms with Gasteiger partial charge in [-0.15, -0.1) is 0 Å². The minimum absolute atomic E-state index is 0.0634. The first-order valence-corrected chi connectivity index (χ1v) is 10.8.